The van der Waals surface area contributed by atoms with Crippen LogP contribution in [0, 0.1) is 0 Å². The number of nitrogens with one attached hydrogen (secondary N) is 1. The zero-order valence-corrected chi connectivity index (χ0v) is 14.7. The highest BCUT2D eigenvalue weighted by atomic mass is 16.1. The largest absolute Gasteiger partial charge is 0.368 e. The van der Waals surface area contributed by atoms with Gasteiger partial charge < -0.3 is 20.9 Å². The molecule has 3 N–H and O–H groups in total. The molecule has 0 aromatic rings. The SMILES string of the molecule is CCCNC(C)(CCCCN(C)CCCN(C)C)C(N)=O. The van der Waals surface area contributed by atoms with Gasteiger partial charge in [-0.15, -0.1) is 0 Å². The van der Waals surface area contributed by atoms with Crippen molar-refractivity contribution in [2.24, 2.45) is 5.73 Å². The number of carbonyl (C=O) groups excluding carboxylic acids is 1. The van der Waals surface area contributed by atoms with Crippen LogP contribution in [0.25, 0.3) is 0 Å². The number of nitrogens with two attached hydrogens (primary N) is 1. The van der Waals surface area contributed by atoms with Crippen LogP contribution < -0.4 is 11.1 Å². The van der Waals surface area contributed by atoms with Gasteiger partial charge >= 0.3 is 0 Å². The summed E-state index contributed by atoms with van der Waals surface area (Å²) >= 11 is 0. The van der Waals surface area contributed by atoms with Gasteiger partial charge in [0.05, 0.1) is 5.54 Å². The second kappa shape index (κ2) is 11.0. The fraction of sp³-hybridized carbons (Fsp3) is 0.938. The van der Waals surface area contributed by atoms with Gasteiger partial charge in [0.15, 0.2) is 0 Å². The molecule has 1 unspecified atom stereocenters. The first-order valence-electron chi connectivity index (χ1n) is 8.20. The summed E-state index contributed by atoms with van der Waals surface area (Å²) in [4.78, 5) is 16.2. The summed E-state index contributed by atoms with van der Waals surface area (Å²) in [6.07, 6.45) is 5.15. The van der Waals surface area contributed by atoms with Crippen LogP contribution in [0.15, 0.2) is 0 Å². The third-order valence-corrected chi connectivity index (χ3v) is 3.92. The van der Waals surface area contributed by atoms with Gasteiger partial charge in [-0.3, -0.25) is 4.79 Å². The van der Waals surface area contributed by atoms with E-state index in [1.54, 1.807) is 0 Å². The van der Waals surface area contributed by atoms with E-state index in [-0.39, 0.29) is 5.91 Å². The molecule has 0 bridgehead atoms. The number of hydrogen-bond acceptors (Lipinski definition) is 4. The standard InChI is InChI=1S/C16H36N4O/c1-6-11-18-16(2,15(17)21)10-7-8-13-20(5)14-9-12-19(3)4/h18H,6-14H2,1-5H3,(H2,17,21). The molecule has 126 valence electrons. The normalized spacial score (nSPS) is 14.6. The average Bonchev–Trinajstić information content (AvgIpc) is 2.40. The third kappa shape index (κ3) is 9.82. The van der Waals surface area contributed by atoms with Gasteiger partial charge in [0.2, 0.25) is 5.91 Å². The first kappa shape index (κ1) is 20.3. The molecule has 5 heteroatoms. The van der Waals surface area contributed by atoms with Crippen molar-refractivity contribution in [3.8, 4) is 0 Å². The highest BCUT2D eigenvalue weighted by Gasteiger charge is 2.29. The average molecular weight is 300 g/mol. The van der Waals surface area contributed by atoms with Gasteiger partial charge in [-0.05, 0) is 86.3 Å². The molecular weight excluding hydrogens is 264 g/mol. The van der Waals surface area contributed by atoms with Gasteiger partial charge in [-0.2, -0.15) is 0 Å². The summed E-state index contributed by atoms with van der Waals surface area (Å²) in [5.74, 6) is -0.240. The van der Waals surface area contributed by atoms with E-state index in [4.69, 9.17) is 5.73 Å². The number of hydrogen-bond donors (Lipinski definition) is 2. The molecular formula is C16H36N4O. The Bertz CT molecular complexity index is 283. The Morgan fingerprint density at radius 1 is 1.10 bits per heavy atom. The maximum Gasteiger partial charge on any atom is 0.237 e. The lowest BCUT2D eigenvalue weighted by atomic mass is 9.93. The van der Waals surface area contributed by atoms with Crippen molar-refractivity contribution in [1.29, 1.82) is 0 Å². The van der Waals surface area contributed by atoms with Crippen LogP contribution in [0.1, 0.15) is 46.0 Å². The summed E-state index contributed by atoms with van der Waals surface area (Å²) in [5.41, 5.74) is 4.98. The van der Waals surface area contributed by atoms with E-state index in [1.165, 1.54) is 6.42 Å². The Morgan fingerprint density at radius 3 is 2.24 bits per heavy atom. The lowest BCUT2D eigenvalue weighted by Gasteiger charge is -2.28. The number of unbranched alkanes of at least 4 members (excludes halogenated alkanes) is 1. The van der Waals surface area contributed by atoms with E-state index in [2.05, 4.69) is 43.2 Å². The summed E-state index contributed by atoms with van der Waals surface area (Å²) in [6.45, 7) is 8.19. The monoisotopic (exact) mass is 300 g/mol. The van der Waals surface area contributed by atoms with Gasteiger partial charge in [0.25, 0.3) is 0 Å². The van der Waals surface area contributed by atoms with E-state index in [0.717, 1.165) is 51.9 Å². The molecule has 0 fully saturated rings. The zero-order chi connectivity index (χ0) is 16.3. The number of rotatable bonds is 13. The molecule has 1 atom stereocenters. The quantitative estimate of drug-likeness (QED) is 0.503. The maximum absolute atomic E-state index is 11.6. The van der Waals surface area contributed by atoms with E-state index in [1.807, 2.05) is 6.92 Å². The summed E-state index contributed by atoms with van der Waals surface area (Å²) in [6, 6.07) is 0. The first-order valence-corrected chi connectivity index (χ1v) is 8.20. The van der Waals surface area contributed by atoms with Gasteiger partial charge in [0.1, 0.15) is 0 Å². The molecule has 0 aliphatic heterocycles. The third-order valence-electron chi connectivity index (χ3n) is 3.92. The van der Waals surface area contributed by atoms with Crippen LogP contribution in [0.3, 0.4) is 0 Å². The van der Waals surface area contributed by atoms with Crippen molar-refractivity contribution >= 4 is 5.91 Å². The predicted octanol–water partition coefficient (Wildman–Crippen LogP) is 1.28. The zero-order valence-electron chi connectivity index (χ0n) is 14.7. The minimum absolute atomic E-state index is 0.240. The molecule has 21 heavy (non-hydrogen) atoms. The number of carbonyl (C=O) groups is 1. The first-order chi connectivity index (χ1) is 9.81. The van der Waals surface area contributed by atoms with Crippen molar-refractivity contribution in [2.75, 3.05) is 47.3 Å². The van der Waals surface area contributed by atoms with E-state index in [0.29, 0.717) is 0 Å². The molecule has 0 radical (unpaired) electrons. The smallest absolute Gasteiger partial charge is 0.237 e. The molecule has 0 rings (SSSR count). The van der Waals surface area contributed by atoms with Crippen molar-refractivity contribution in [3.63, 3.8) is 0 Å². The molecule has 0 aromatic heterocycles. The molecule has 0 saturated carbocycles. The van der Waals surface area contributed by atoms with Crippen molar-refractivity contribution in [3.05, 3.63) is 0 Å². The summed E-state index contributed by atoms with van der Waals surface area (Å²) < 4.78 is 0. The van der Waals surface area contributed by atoms with Crippen LogP contribution in [0.2, 0.25) is 0 Å². The molecule has 1 amide bonds. The van der Waals surface area contributed by atoms with Crippen molar-refractivity contribution in [2.45, 2.75) is 51.5 Å². The number of primary amides is 1. The lowest BCUT2D eigenvalue weighted by molar-refractivity contribution is -0.124. The second-order valence-electron chi connectivity index (χ2n) is 6.54. The van der Waals surface area contributed by atoms with Crippen molar-refractivity contribution < 1.29 is 4.79 Å². The molecule has 0 saturated heterocycles. The Hall–Kier alpha value is -0.650. The highest BCUT2D eigenvalue weighted by Crippen LogP contribution is 2.14. The Labute approximate surface area is 131 Å². The van der Waals surface area contributed by atoms with Gasteiger partial charge in [0, 0.05) is 0 Å². The molecule has 5 nitrogen and oxygen atoms in total. The fourth-order valence-electron chi connectivity index (χ4n) is 2.33. The van der Waals surface area contributed by atoms with E-state index >= 15 is 0 Å². The predicted molar refractivity (Wildman–Crippen MR) is 90.4 cm³/mol. The van der Waals surface area contributed by atoms with Crippen LogP contribution in [0.4, 0.5) is 0 Å². The van der Waals surface area contributed by atoms with Gasteiger partial charge in [-0.1, -0.05) is 6.92 Å². The van der Waals surface area contributed by atoms with Crippen LogP contribution in [0.5, 0.6) is 0 Å². The molecule has 0 heterocycles. The van der Waals surface area contributed by atoms with E-state index in [9.17, 15) is 4.79 Å². The van der Waals surface area contributed by atoms with Crippen molar-refractivity contribution in [1.82, 2.24) is 15.1 Å². The Kier molecular flexibility index (Phi) is 10.6. The minimum Gasteiger partial charge on any atom is -0.368 e. The number of nitrogens with zero attached hydrogens (tertiary/aromatic N) is 2. The lowest BCUT2D eigenvalue weighted by Crippen LogP contribution is -2.53. The molecule has 0 spiro atoms. The molecule has 0 aromatic carbocycles. The highest BCUT2D eigenvalue weighted by molar-refractivity contribution is 5.84. The molecule has 0 aliphatic carbocycles. The summed E-state index contributed by atoms with van der Waals surface area (Å²) in [7, 11) is 6.38. The van der Waals surface area contributed by atoms with Crippen LogP contribution in [-0.4, -0.2) is 68.6 Å². The van der Waals surface area contributed by atoms with Gasteiger partial charge in [-0.25, -0.2) is 0 Å². The maximum atomic E-state index is 11.6. The Morgan fingerprint density at radius 2 is 1.71 bits per heavy atom. The Balaban J connectivity index is 3.86. The fourth-order valence-corrected chi connectivity index (χ4v) is 2.33. The minimum atomic E-state index is -0.556. The number of amides is 1. The van der Waals surface area contributed by atoms with Crippen LogP contribution in [-0.2, 0) is 4.79 Å². The molecule has 0 aliphatic rings. The topological polar surface area (TPSA) is 61.6 Å². The summed E-state index contributed by atoms with van der Waals surface area (Å²) in [5, 5.41) is 3.29. The second-order valence-corrected chi connectivity index (χ2v) is 6.54. The van der Waals surface area contributed by atoms with E-state index < -0.39 is 5.54 Å². The van der Waals surface area contributed by atoms with Crippen LogP contribution >= 0.6 is 0 Å².